The van der Waals surface area contributed by atoms with Gasteiger partial charge in [-0.05, 0) is 37.6 Å². The van der Waals surface area contributed by atoms with E-state index in [9.17, 15) is 0 Å². The van der Waals surface area contributed by atoms with E-state index in [2.05, 4.69) is 56.3 Å². The lowest BCUT2D eigenvalue weighted by atomic mass is 10.1. The first-order valence-corrected chi connectivity index (χ1v) is 6.17. The number of rotatable bonds is 4. The summed E-state index contributed by atoms with van der Waals surface area (Å²) < 4.78 is 5.63. The Balaban J connectivity index is 1.87. The van der Waals surface area contributed by atoms with Crippen LogP contribution in [0.25, 0.3) is 6.08 Å². The molecule has 0 aliphatic rings. The third-order valence-electron chi connectivity index (χ3n) is 2.72. The summed E-state index contributed by atoms with van der Waals surface area (Å²) in [7, 11) is 0. The summed E-state index contributed by atoms with van der Waals surface area (Å²) in [4.78, 5) is 0. The number of ether oxygens (including phenoxy) is 1. The van der Waals surface area contributed by atoms with Crippen molar-refractivity contribution in [2.75, 3.05) is 6.61 Å². The molecule has 0 radical (unpaired) electrons. The molecule has 0 aliphatic heterocycles. The van der Waals surface area contributed by atoms with Crippen LogP contribution in [0.4, 0.5) is 0 Å². The van der Waals surface area contributed by atoms with Crippen molar-refractivity contribution in [2.45, 2.75) is 13.8 Å². The summed E-state index contributed by atoms with van der Waals surface area (Å²) in [5.41, 5.74) is 3.73. The van der Waals surface area contributed by atoms with Crippen LogP contribution in [-0.2, 0) is 0 Å². The van der Waals surface area contributed by atoms with Crippen LogP contribution in [0.2, 0.25) is 0 Å². The Morgan fingerprint density at radius 3 is 2.44 bits per heavy atom. The summed E-state index contributed by atoms with van der Waals surface area (Å²) in [5.74, 6) is 0.912. The zero-order chi connectivity index (χ0) is 12.8. The van der Waals surface area contributed by atoms with Crippen LogP contribution in [0.5, 0.6) is 5.75 Å². The van der Waals surface area contributed by atoms with Crippen molar-refractivity contribution in [1.82, 2.24) is 0 Å². The van der Waals surface area contributed by atoms with E-state index in [1.54, 1.807) is 0 Å². The highest BCUT2D eigenvalue weighted by atomic mass is 16.5. The van der Waals surface area contributed by atoms with Gasteiger partial charge in [0.05, 0.1) is 0 Å². The minimum absolute atomic E-state index is 0.594. The van der Waals surface area contributed by atoms with E-state index in [0.29, 0.717) is 6.61 Å². The van der Waals surface area contributed by atoms with Gasteiger partial charge in [-0.15, -0.1) is 0 Å². The maximum Gasteiger partial charge on any atom is 0.119 e. The van der Waals surface area contributed by atoms with Gasteiger partial charge in [-0.2, -0.15) is 0 Å². The SMILES string of the molecule is Cc1ccc(OC/C=C\c2cccc(C)c2)cc1. The highest BCUT2D eigenvalue weighted by Gasteiger charge is 1.91. The second kappa shape index (κ2) is 6.06. The Bertz CT molecular complexity index is 524. The van der Waals surface area contributed by atoms with E-state index < -0.39 is 0 Å². The van der Waals surface area contributed by atoms with Crippen LogP contribution in [-0.4, -0.2) is 6.61 Å². The van der Waals surface area contributed by atoms with Crippen LogP contribution in [0.3, 0.4) is 0 Å². The Morgan fingerprint density at radius 1 is 0.944 bits per heavy atom. The summed E-state index contributed by atoms with van der Waals surface area (Å²) >= 11 is 0. The molecule has 0 amide bonds. The Morgan fingerprint density at radius 2 is 1.72 bits per heavy atom. The fraction of sp³-hybridized carbons (Fsp3) is 0.176. The number of hydrogen-bond donors (Lipinski definition) is 0. The monoisotopic (exact) mass is 238 g/mol. The number of aryl methyl sites for hydroxylation is 2. The van der Waals surface area contributed by atoms with Crippen LogP contribution < -0.4 is 4.74 Å². The van der Waals surface area contributed by atoms with Crippen LogP contribution >= 0.6 is 0 Å². The summed E-state index contributed by atoms with van der Waals surface area (Å²) in [6, 6.07) is 16.5. The molecule has 0 fully saturated rings. The van der Waals surface area contributed by atoms with Gasteiger partial charge < -0.3 is 4.74 Å². The summed E-state index contributed by atoms with van der Waals surface area (Å²) in [6.07, 6.45) is 4.12. The highest BCUT2D eigenvalue weighted by Crippen LogP contribution is 2.11. The van der Waals surface area contributed by atoms with Gasteiger partial charge in [0.1, 0.15) is 12.4 Å². The highest BCUT2D eigenvalue weighted by molar-refractivity contribution is 5.50. The molecule has 1 heteroatoms. The van der Waals surface area contributed by atoms with Crippen LogP contribution in [0, 0.1) is 13.8 Å². The molecule has 0 unspecified atom stereocenters. The van der Waals surface area contributed by atoms with Gasteiger partial charge in [0.2, 0.25) is 0 Å². The smallest absolute Gasteiger partial charge is 0.119 e. The van der Waals surface area contributed by atoms with Gasteiger partial charge in [0.15, 0.2) is 0 Å². The van der Waals surface area contributed by atoms with Crippen molar-refractivity contribution in [3.63, 3.8) is 0 Å². The average molecular weight is 238 g/mol. The molecule has 92 valence electrons. The normalized spacial score (nSPS) is 10.8. The molecule has 0 N–H and O–H groups in total. The molecule has 0 heterocycles. The first kappa shape index (κ1) is 12.4. The molecule has 2 aromatic rings. The van der Waals surface area contributed by atoms with E-state index in [4.69, 9.17) is 4.74 Å². The minimum atomic E-state index is 0.594. The van der Waals surface area contributed by atoms with Gasteiger partial charge >= 0.3 is 0 Å². The van der Waals surface area contributed by atoms with E-state index in [-0.39, 0.29) is 0 Å². The number of hydrogen-bond acceptors (Lipinski definition) is 1. The quantitative estimate of drug-likeness (QED) is 0.767. The minimum Gasteiger partial charge on any atom is -0.490 e. The zero-order valence-corrected chi connectivity index (χ0v) is 10.9. The van der Waals surface area contributed by atoms with Crippen molar-refractivity contribution in [1.29, 1.82) is 0 Å². The van der Waals surface area contributed by atoms with Crippen molar-refractivity contribution in [3.8, 4) is 5.75 Å². The topological polar surface area (TPSA) is 9.23 Å². The maximum atomic E-state index is 5.63. The second-order valence-electron chi connectivity index (χ2n) is 4.44. The summed E-state index contributed by atoms with van der Waals surface area (Å²) in [6.45, 7) is 4.76. The van der Waals surface area contributed by atoms with E-state index in [0.717, 1.165) is 5.75 Å². The first-order valence-electron chi connectivity index (χ1n) is 6.17. The van der Waals surface area contributed by atoms with Gasteiger partial charge in [-0.25, -0.2) is 0 Å². The first-order chi connectivity index (χ1) is 8.74. The number of benzene rings is 2. The second-order valence-corrected chi connectivity index (χ2v) is 4.44. The zero-order valence-electron chi connectivity index (χ0n) is 10.9. The molecule has 2 rings (SSSR count). The molecular weight excluding hydrogens is 220 g/mol. The van der Waals surface area contributed by atoms with Crippen LogP contribution in [0.1, 0.15) is 16.7 Å². The third kappa shape index (κ3) is 3.77. The van der Waals surface area contributed by atoms with Gasteiger partial charge in [0.25, 0.3) is 0 Å². The molecule has 18 heavy (non-hydrogen) atoms. The summed E-state index contributed by atoms with van der Waals surface area (Å²) in [5, 5.41) is 0. The lowest BCUT2D eigenvalue weighted by Crippen LogP contribution is -1.92. The molecule has 0 aliphatic carbocycles. The van der Waals surface area contributed by atoms with Crippen molar-refractivity contribution < 1.29 is 4.74 Å². The molecule has 0 bridgehead atoms. The predicted octanol–water partition coefficient (Wildman–Crippen LogP) is 4.40. The van der Waals surface area contributed by atoms with Crippen molar-refractivity contribution >= 4 is 6.08 Å². The Hall–Kier alpha value is -2.02. The largest absolute Gasteiger partial charge is 0.490 e. The van der Waals surface area contributed by atoms with Gasteiger partial charge in [0, 0.05) is 0 Å². The third-order valence-corrected chi connectivity index (χ3v) is 2.72. The molecule has 0 saturated carbocycles. The molecular formula is C17H18O. The maximum absolute atomic E-state index is 5.63. The fourth-order valence-electron chi connectivity index (χ4n) is 1.74. The predicted molar refractivity (Wildman–Crippen MR) is 76.9 cm³/mol. The Kier molecular flexibility index (Phi) is 4.19. The molecule has 0 aromatic heterocycles. The van der Waals surface area contributed by atoms with E-state index in [1.807, 2.05) is 18.2 Å². The molecule has 2 aromatic carbocycles. The fourth-order valence-corrected chi connectivity index (χ4v) is 1.74. The van der Waals surface area contributed by atoms with E-state index >= 15 is 0 Å². The van der Waals surface area contributed by atoms with E-state index in [1.165, 1.54) is 16.7 Å². The van der Waals surface area contributed by atoms with Crippen molar-refractivity contribution in [3.05, 3.63) is 71.3 Å². The lowest BCUT2D eigenvalue weighted by Gasteiger charge is -2.03. The molecule has 1 nitrogen and oxygen atoms in total. The lowest BCUT2D eigenvalue weighted by molar-refractivity contribution is 0.363. The molecule has 0 spiro atoms. The standard InChI is InChI=1S/C17H18O/c1-14-8-10-17(11-9-14)18-12-4-7-16-6-3-5-15(2)13-16/h3-11,13H,12H2,1-2H3/b7-4-. The van der Waals surface area contributed by atoms with Crippen molar-refractivity contribution in [2.24, 2.45) is 0 Å². The van der Waals surface area contributed by atoms with Gasteiger partial charge in [-0.1, -0.05) is 53.6 Å². The average Bonchev–Trinajstić information content (AvgIpc) is 2.37. The molecule has 0 atom stereocenters. The van der Waals surface area contributed by atoms with Crippen LogP contribution in [0.15, 0.2) is 54.6 Å². The van der Waals surface area contributed by atoms with Gasteiger partial charge in [-0.3, -0.25) is 0 Å². The molecule has 0 saturated heterocycles. The Labute approximate surface area is 109 Å².